The first-order chi connectivity index (χ1) is 13.7. The topological polar surface area (TPSA) is 55.1 Å². The number of hydrogen-bond acceptors (Lipinski definition) is 2. The van der Waals surface area contributed by atoms with Crippen molar-refractivity contribution in [2.24, 2.45) is 0 Å². The van der Waals surface area contributed by atoms with Gasteiger partial charge >= 0.3 is 5.97 Å². The van der Waals surface area contributed by atoms with Crippen LogP contribution in [0.3, 0.4) is 0 Å². The molecule has 1 N–H and O–H groups in total. The summed E-state index contributed by atoms with van der Waals surface area (Å²) in [5, 5.41) is 12.3. The van der Waals surface area contributed by atoms with E-state index < -0.39 is 5.97 Å². The third-order valence-corrected chi connectivity index (χ3v) is 5.40. The van der Waals surface area contributed by atoms with Gasteiger partial charge in [0.1, 0.15) is 5.82 Å². The number of hydrogen-bond donors (Lipinski definition) is 1. The fourth-order valence-electron chi connectivity index (χ4n) is 3.90. The molecule has 4 aromatic rings. The lowest BCUT2D eigenvalue weighted by molar-refractivity contribution is 0.0684. The monoisotopic (exact) mass is 368 g/mol. The molecule has 1 aliphatic rings. The maximum atomic E-state index is 12.2. The molecule has 4 nitrogen and oxygen atoms in total. The third-order valence-electron chi connectivity index (χ3n) is 5.40. The molecular weight excluding hydrogens is 348 g/mol. The number of carboxylic acids is 1. The maximum absolute atomic E-state index is 12.2. The van der Waals surface area contributed by atoms with E-state index >= 15 is 0 Å². The molecule has 0 aliphatic heterocycles. The highest BCUT2D eigenvalue weighted by Gasteiger charge is 2.34. The van der Waals surface area contributed by atoms with Crippen molar-refractivity contribution in [2.45, 2.75) is 25.3 Å². The first kappa shape index (κ1) is 16.8. The highest BCUT2D eigenvalue weighted by molar-refractivity contribution is 5.89. The van der Waals surface area contributed by atoms with Crippen LogP contribution in [-0.2, 0) is 6.54 Å². The number of benzene rings is 3. The largest absolute Gasteiger partial charge is 0.477 e. The van der Waals surface area contributed by atoms with Crippen molar-refractivity contribution < 1.29 is 9.90 Å². The van der Waals surface area contributed by atoms with Crippen molar-refractivity contribution in [3.63, 3.8) is 0 Å². The molecule has 3 aromatic carbocycles. The third kappa shape index (κ3) is 2.87. The Morgan fingerprint density at radius 3 is 2.43 bits per heavy atom. The molecule has 0 bridgehead atoms. The lowest BCUT2D eigenvalue weighted by Crippen LogP contribution is -2.12. The Bertz CT molecular complexity index is 1170. The van der Waals surface area contributed by atoms with Gasteiger partial charge in [-0.05, 0) is 29.2 Å². The zero-order valence-electron chi connectivity index (χ0n) is 15.4. The standard InChI is InChI=1S/C24H20N2O2/c27-24(28)22-21(17-13-14-17)25-23(18-8-2-1-3-9-18)26(22)15-19-11-6-10-16-7-4-5-12-20(16)19/h1-12,17H,13-15H2,(H,27,28). The average molecular weight is 368 g/mol. The summed E-state index contributed by atoms with van der Waals surface area (Å²) >= 11 is 0. The van der Waals surface area contributed by atoms with Gasteiger partial charge in [0.25, 0.3) is 0 Å². The Morgan fingerprint density at radius 2 is 1.68 bits per heavy atom. The molecule has 1 saturated carbocycles. The van der Waals surface area contributed by atoms with E-state index in [-0.39, 0.29) is 5.92 Å². The molecule has 0 atom stereocenters. The number of carboxylic acid groups (broad SMARTS) is 1. The van der Waals surface area contributed by atoms with Gasteiger partial charge < -0.3 is 9.67 Å². The van der Waals surface area contributed by atoms with Crippen molar-refractivity contribution in [3.8, 4) is 11.4 Å². The molecular formula is C24H20N2O2. The first-order valence-electron chi connectivity index (χ1n) is 9.58. The van der Waals surface area contributed by atoms with Gasteiger partial charge in [0, 0.05) is 11.5 Å². The van der Waals surface area contributed by atoms with Crippen molar-refractivity contribution >= 4 is 16.7 Å². The Kier molecular flexibility index (Phi) is 3.97. The van der Waals surface area contributed by atoms with E-state index in [1.165, 1.54) is 0 Å². The summed E-state index contributed by atoms with van der Waals surface area (Å²) in [6.07, 6.45) is 2.03. The minimum absolute atomic E-state index is 0.266. The molecule has 0 unspecified atom stereocenters. The number of aromatic nitrogens is 2. The molecule has 138 valence electrons. The molecule has 1 aliphatic carbocycles. The summed E-state index contributed by atoms with van der Waals surface area (Å²) in [5.74, 6) is 0.0898. The summed E-state index contributed by atoms with van der Waals surface area (Å²) < 4.78 is 1.88. The smallest absolute Gasteiger partial charge is 0.354 e. The molecule has 0 saturated heterocycles. The molecule has 0 radical (unpaired) electrons. The van der Waals surface area contributed by atoms with Gasteiger partial charge in [0.2, 0.25) is 0 Å². The van der Waals surface area contributed by atoms with Crippen LogP contribution < -0.4 is 0 Å². The van der Waals surface area contributed by atoms with Crippen LogP contribution >= 0.6 is 0 Å². The van der Waals surface area contributed by atoms with Crippen LogP contribution in [0.1, 0.15) is 40.5 Å². The van der Waals surface area contributed by atoms with Crippen LogP contribution in [0.2, 0.25) is 0 Å². The van der Waals surface area contributed by atoms with E-state index in [0.29, 0.717) is 12.2 Å². The van der Waals surface area contributed by atoms with Crippen LogP contribution in [0.15, 0.2) is 72.8 Å². The normalized spacial score (nSPS) is 13.7. The number of carbonyl (C=O) groups is 1. The van der Waals surface area contributed by atoms with Crippen LogP contribution in [0.25, 0.3) is 22.2 Å². The van der Waals surface area contributed by atoms with E-state index in [1.54, 1.807) is 0 Å². The minimum atomic E-state index is -0.906. The van der Waals surface area contributed by atoms with Gasteiger partial charge in [-0.25, -0.2) is 9.78 Å². The van der Waals surface area contributed by atoms with Gasteiger partial charge in [0.15, 0.2) is 5.69 Å². The lowest BCUT2D eigenvalue weighted by Gasteiger charge is -2.13. The number of rotatable bonds is 5. The van der Waals surface area contributed by atoms with Crippen LogP contribution in [0.4, 0.5) is 0 Å². The van der Waals surface area contributed by atoms with E-state index in [9.17, 15) is 9.90 Å². The van der Waals surface area contributed by atoms with E-state index in [2.05, 4.69) is 24.3 Å². The molecule has 28 heavy (non-hydrogen) atoms. The second-order valence-electron chi connectivity index (χ2n) is 7.34. The summed E-state index contributed by atoms with van der Waals surface area (Å²) in [7, 11) is 0. The molecule has 0 spiro atoms. The zero-order chi connectivity index (χ0) is 19.1. The summed E-state index contributed by atoms with van der Waals surface area (Å²) in [4.78, 5) is 17.0. The first-order valence-corrected chi connectivity index (χ1v) is 9.58. The Balaban J connectivity index is 1.72. The predicted molar refractivity (Wildman–Crippen MR) is 110 cm³/mol. The SMILES string of the molecule is O=C(O)c1c(C2CC2)nc(-c2ccccc2)n1Cc1cccc2ccccc12. The number of fused-ring (bicyclic) bond motifs is 1. The number of imidazole rings is 1. The van der Waals surface area contributed by atoms with E-state index in [0.717, 1.165) is 46.3 Å². The van der Waals surface area contributed by atoms with Crippen LogP contribution in [0.5, 0.6) is 0 Å². The van der Waals surface area contributed by atoms with Gasteiger partial charge in [-0.15, -0.1) is 0 Å². The van der Waals surface area contributed by atoms with Crippen LogP contribution in [-0.4, -0.2) is 20.6 Å². The van der Waals surface area contributed by atoms with Crippen molar-refractivity contribution in [1.29, 1.82) is 0 Å². The second-order valence-corrected chi connectivity index (χ2v) is 7.34. The fourth-order valence-corrected chi connectivity index (χ4v) is 3.90. The van der Waals surface area contributed by atoms with E-state index in [4.69, 9.17) is 4.98 Å². The summed E-state index contributed by atoms with van der Waals surface area (Å²) in [6.45, 7) is 0.479. The molecule has 5 rings (SSSR count). The number of aromatic carboxylic acids is 1. The quantitative estimate of drug-likeness (QED) is 0.518. The van der Waals surface area contributed by atoms with Gasteiger partial charge in [-0.1, -0.05) is 72.8 Å². The summed E-state index contributed by atoms with van der Waals surface area (Å²) in [6, 6.07) is 24.3. The average Bonchev–Trinajstić information content (AvgIpc) is 3.50. The van der Waals surface area contributed by atoms with Crippen LogP contribution in [0, 0.1) is 0 Å². The molecule has 1 fully saturated rings. The van der Waals surface area contributed by atoms with Gasteiger partial charge in [0.05, 0.1) is 12.2 Å². The Labute approximate surface area is 163 Å². The maximum Gasteiger partial charge on any atom is 0.354 e. The Morgan fingerprint density at radius 1 is 0.964 bits per heavy atom. The molecule has 1 heterocycles. The van der Waals surface area contributed by atoms with E-state index in [1.807, 2.05) is 53.1 Å². The van der Waals surface area contributed by atoms with Gasteiger partial charge in [-0.2, -0.15) is 0 Å². The lowest BCUT2D eigenvalue weighted by atomic mass is 10.0. The fraction of sp³-hybridized carbons (Fsp3) is 0.167. The predicted octanol–water partition coefficient (Wildman–Crippen LogP) is 5.33. The van der Waals surface area contributed by atoms with Crippen molar-refractivity contribution in [3.05, 3.63) is 89.7 Å². The van der Waals surface area contributed by atoms with Crippen molar-refractivity contribution in [1.82, 2.24) is 9.55 Å². The molecule has 4 heteroatoms. The van der Waals surface area contributed by atoms with Crippen molar-refractivity contribution in [2.75, 3.05) is 0 Å². The van der Waals surface area contributed by atoms with Gasteiger partial charge in [-0.3, -0.25) is 0 Å². The Hall–Kier alpha value is -3.40. The second kappa shape index (κ2) is 6.64. The molecule has 1 aromatic heterocycles. The highest BCUT2D eigenvalue weighted by Crippen LogP contribution is 2.42. The number of nitrogens with zero attached hydrogens (tertiary/aromatic N) is 2. The highest BCUT2D eigenvalue weighted by atomic mass is 16.4. The summed E-state index contributed by atoms with van der Waals surface area (Å²) in [5.41, 5.74) is 3.09. The minimum Gasteiger partial charge on any atom is -0.477 e. The zero-order valence-corrected chi connectivity index (χ0v) is 15.4. The molecule has 0 amide bonds.